The molecule has 0 spiro atoms. The molecule has 1 aliphatic heterocycles. The van der Waals surface area contributed by atoms with E-state index in [2.05, 4.69) is 51.0 Å². The fourth-order valence-corrected chi connectivity index (χ4v) is 3.43. The number of nitrogens with zero attached hydrogens (tertiary/aromatic N) is 1. The number of hydrogen-bond donors (Lipinski definition) is 3. The van der Waals surface area contributed by atoms with Crippen LogP contribution in [-0.4, -0.2) is 41.7 Å². The maximum atomic E-state index is 11.4. The van der Waals surface area contributed by atoms with E-state index in [-0.39, 0.29) is 18.5 Å². The monoisotopic (exact) mass is 389 g/mol. The van der Waals surface area contributed by atoms with E-state index >= 15 is 0 Å². The van der Waals surface area contributed by atoms with Gasteiger partial charge in [-0.3, -0.25) is 9.69 Å². The third kappa shape index (κ3) is 4.15. The molecule has 0 radical (unpaired) electrons. The summed E-state index contributed by atoms with van der Waals surface area (Å²) >= 11 is 2.39. The molecule has 3 N–H and O–H groups in total. The second-order valence-corrected chi connectivity index (χ2v) is 6.33. The molecule has 1 atom stereocenters. The Hall–Kier alpha value is -0.700. The summed E-state index contributed by atoms with van der Waals surface area (Å²) < 4.78 is 1.34. The van der Waals surface area contributed by atoms with E-state index in [9.17, 15) is 4.79 Å². The molecule has 0 bridgehead atoms. The third-order valence-corrected chi connectivity index (χ3v) is 4.48. The minimum atomic E-state index is -0.188. The highest BCUT2D eigenvalue weighted by atomic mass is 127. The van der Waals surface area contributed by atoms with Gasteiger partial charge < -0.3 is 10.5 Å². The molecule has 0 unspecified atom stereocenters. The van der Waals surface area contributed by atoms with E-state index in [1.807, 2.05) is 12.4 Å². The lowest BCUT2D eigenvalue weighted by Gasteiger charge is -2.31. The number of hydroxylamine groups is 1. The Labute approximate surface area is 132 Å². The Morgan fingerprint density at radius 2 is 2.35 bits per heavy atom. The molecule has 1 amide bonds. The van der Waals surface area contributed by atoms with Crippen LogP contribution in [0.4, 0.5) is 0 Å². The zero-order valence-electron chi connectivity index (χ0n) is 11.5. The second kappa shape index (κ2) is 7.35. The van der Waals surface area contributed by atoms with E-state index in [1.54, 1.807) is 0 Å². The molecule has 6 heteroatoms. The van der Waals surface area contributed by atoms with Crippen molar-refractivity contribution in [1.29, 1.82) is 0 Å². The molecule has 5 nitrogen and oxygen atoms in total. The van der Waals surface area contributed by atoms with E-state index in [0.717, 1.165) is 26.1 Å². The lowest BCUT2D eigenvalue weighted by Crippen LogP contribution is -2.45. The van der Waals surface area contributed by atoms with Crippen molar-refractivity contribution in [1.82, 2.24) is 15.7 Å². The summed E-state index contributed by atoms with van der Waals surface area (Å²) in [5.74, 6) is -0.188. The lowest BCUT2D eigenvalue weighted by molar-refractivity contribution is -0.122. The van der Waals surface area contributed by atoms with Crippen LogP contribution in [0.5, 0.6) is 0 Å². The van der Waals surface area contributed by atoms with Gasteiger partial charge in [-0.2, -0.15) is 5.48 Å². The molecule has 0 aromatic heterocycles. The highest BCUT2D eigenvalue weighted by Gasteiger charge is 2.19. The minimum Gasteiger partial charge on any atom is -0.351 e. The number of benzene rings is 1. The number of hydrogen-bond acceptors (Lipinski definition) is 4. The molecule has 2 rings (SSSR count). The molecule has 0 aliphatic carbocycles. The van der Waals surface area contributed by atoms with Crippen LogP contribution in [0.1, 0.15) is 18.1 Å². The van der Waals surface area contributed by atoms with Crippen molar-refractivity contribution in [3.8, 4) is 0 Å². The first kappa shape index (κ1) is 15.7. The summed E-state index contributed by atoms with van der Waals surface area (Å²) in [4.78, 5) is 13.7. The molecule has 1 heterocycles. The van der Waals surface area contributed by atoms with E-state index < -0.39 is 0 Å². The van der Waals surface area contributed by atoms with E-state index in [1.165, 1.54) is 14.7 Å². The average molecular weight is 389 g/mol. The fourth-order valence-electron chi connectivity index (χ4n) is 2.61. The van der Waals surface area contributed by atoms with Gasteiger partial charge in [-0.25, -0.2) is 0 Å². The van der Waals surface area contributed by atoms with Gasteiger partial charge in [0.05, 0.1) is 6.54 Å². The van der Waals surface area contributed by atoms with Gasteiger partial charge in [0.2, 0.25) is 5.91 Å². The Bertz CT molecular complexity index is 481. The highest BCUT2D eigenvalue weighted by molar-refractivity contribution is 14.1. The number of nitrogens with one attached hydrogen (secondary N) is 2. The highest BCUT2D eigenvalue weighted by Crippen LogP contribution is 2.23. The molecule has 0 fully saturated rings. The van der Waals surface area contributed by atoms with Crippen LogP contribution in [0.25, 0.3) is 0 Å². The lowest BCUT2D eigenvalue weighted by atomic mass is 9.99. The van der Waals surface area contributed by atoms with Crippen molar-refractivity contribution in [3.63, 3.8) is 0 Å². The molecular weight excluding hydrogens is 369 g/mol. The third-order valence-electron chi connectivity index (χ3n) is 3.47. The Kier molecular flexibility index (Phi) is 5.76. The molecule has 1 aromatic carbocycles. The molecule has 20 heavy (non-hydrogen) atoms. The zero-order valence-corrected chi connectivity index (χ0v) is 13.7. The average Bonchev–Trinajstić information content (AvgIpc) is 2.38. The summed E-state index contributed by atoms with van der Waals surface area (Å²) in [6, 6.07) is 6.50. The van der Waals surface area contributed by atoms with Gasteiger partial charge in [0, 0.05) is 29.2 Å². The van der Waals surface area contributed by atoms with Crippen LogP contribution in [0.2, 0.25) is 0 Å². The molecule has 1 aromatic rings. The quantitative estimate of drug-likeness (QED) is 0.522. The number of rotatable bonds is 5. The van der Waals surface area contributed by atoms with Crippen LogP contribution < -0.4 is 10.8 Å². The molecule has 0 saturated carbocycles. The van der Waals surface area contributed by atoms with Gasteiger partial charge in [0.1, 0.15) is 0 Å². The summed E-state index contributed by atoms with van der Waals surface area (Å²) in [6.07, 6.45) is 1.06. The Morgan fingerprint density at radius 1 is 1.55 bits per heavy atom. The minimum absolute atomic E-state index is 0.0641. The SMILES string of the molecule is C[C@@H](CN1CCc2c(I)cccc2C1)NC(=O)CNO. The van der Waals surface area contributed by atoms with Crippen LogP contribution in [0.3, 0.4) is 0 Å². The molecule has 0 saturated heterocycles. The Balaban J connectivity index is 1.88. The molecule has 1 aliphatic rings. The largest absolute Gasteiger partial charge is 0.351 e. The van der Waals surface area contributed by atoms with Gasteiger partial charge in [-0.05, 0) is 53.1 Å². The maximum absolute atomic E-state index is 11.4. The first-order valence-corrected chi connectivity index (χ1v) is 7.83. The molecule has 110 valence electrons. The van der Waals surface area contributed by atoms with Gasteiger partial charge in [0.25, 0.3) is 0 Å². The first-order valence-electron chi connectivity index (χ1n) is 6.75. The van der Waals surface area contributed by atoms with Crippen LogP contribution >= 0.6 is 22.6 Å². The number of carbonyl (C=O) groups excluding carboxylic acids is 1. The van der Waals surface area contributed by atoms with Crippen molar-refractivity contribution < 1.29 is 10.0 Å². The summed E-state index contributed by atoms with van der Waals surface area (Å²) in [6.45, 7) is 4.70. The standard InChI is InChI=1S/C14H20IN3O2/c1-10(17-14(19)7-16-20)8-18-6-5-12-11(9-18)3-2-4-13(12)15/h2-4,10,16,20H,5-9H2,1H3,(H,17,19)/t10-/m0/s1. The summed E-state index contributed by atoms with van der Waals surface area (Å²) in [5.41, 5.74) is 4.72. The zero-order chi connectivity index (χ0) is 14.5. The van der Waals surface area contributed by atoms with Crippen molar-refractivity contribution in [2.45, 2.75) is 25.9 Å². The summed E-state index contributed by atoms with van der Waals surface area (Å²) in [7, 11) is 0. The topological polar surface area (TPSA) is 64.6 Å². The fraction of sp³-hybridized carbons (Fsp3) is 0.500. The van der Waals surface area contributed by atoms with Crippen molar-refractivity contribution in [3.05, 3.63) is 32.9 Å². The molecular formula is C14H20IN3O2. The number of carbonyl (C=O) groups is 1. The van der Waals surface area contributed by atoms with Gasteiger partial charge in [-0.1, -0.05) is 12.1 Å². The summed E-state index contributed by atoms with van der Waals surface area (Å²) in [5, 5.41) is 11.3. The van der Waals surface area contributed by atoms with Crippen LogP contribution in [0, 0.1) is 3.57 Å². The normalized spacial score (nSPS) is 16.6. The first-order chi connectivity index (χ1) is 9.60. The van der Waals surface area contributed by atoms with Crippen LogP contribution in [-0.2, 0) is 17.8 Å². The van der Waals surface area contributed by atoms with Gasteiger partial charge in [0.15, 0.2) is 0 Å². The smallest absolute Gasteiger partial charge is 0.236 e. The van der Waals surface area contributed by atoms with Crippen molar-refractivity contribution in [2.75, 3.05) is 19.6 Å². The van der Waals surface area contributed by atoms with Crippen molar-refractivity contribution in [2.24, 2.45) is 0 Å². The van der Waals surface area contributed by atoms with Gasteiger partial charge in [-0.15, -0.1) is 0 Å². The maximum Gasteiger partial charge on any atom is 0.236 e. The van der Waals surface area contributed by atoms with E-state index in [0.29, 0.717) is 0 Å². The number of amides is 1. The van der Waals surface area contributed by atoms with Crippen molar-refractivity contribution >= 4 is 28.5 Å². The second-order valence-electron chi connectivity index (χ2n) is 5.17. The van der Waals surface area contributed by atoms with E-state index in [4.69, 9.17) is 5.21 Å². The van der Waals surface area contributed by atoms with Gasteiger partial charge >= 0.3 is 0 Å². The number of fused-ring (bicyclic) bond motifs is 1. The van der Waals surface area contributed by atoms with Crippen LogP contribution in [0.15, 0.2) is 18.2 Å². The number of halogens is 1. The predicted molar refractivity (Wildman–Crippen MR) is 85.5 cm³/mol. The Morgan fingerprint density at radius 3 is 3.10 bits per heavy atom. The predicted octanol–water partition coefficient (Wildman–Crippen LogP) is 1.13.